The average Bonchev–Trinajstić information content (AvgIpc) is 2.29. The number of carbonyl (C=O) groups is 1. The van der Waals surface area contributed by atoms with Crippen LogP contribution in [0.15, 0.2) is 30.3 Å². The molecular formula is C12H17NO3. The number of carboxylic acids is 1. The fourth-order valence-electron chi connectivity index (χ4n) is 1.54. The lowest BCUT2D eigenvalue weighted by atomic mass is 10.1. The lowest BCUT2D eigenvalue weighted by Gasteiger charge is -2.21. The van der Waals surface area contributed by atoms with Crippen molar-refractivity contribution in [3.63, 3.8) is 0 Å². The maximum absolute atomic E-state index is 10.7. The predicted molar refractivity (Wildman–Crippen MR) is 62.4 cm³/mol. The van der Waals surface area contributed by atoms with E-state index < -0.39 is 18.1 Å². The van der Waals surface area contributed by atoms with E-state index in [9.17, 15) is 9.90 Å². The second kappa shape index (κ2) is 6.12. The van der Waals surface area contributed by atoms with E-state index in [-0.39, 0.29) is 0 Å². The molecule has 2 unspecified atom stereocenters. The van der Waals surface area contributed by atoms with Gasteiger partial charge in [0.1, 0.15) is 0 Å². The van der Waals surface area contributed by atoms with Crippen molar-refractivity contribution >= 4 is 11.7 Å². The van der Waals surface area contributed by atoms with Gasteiger partial charge in [0.25, 0.3) is 0 Å². The van der Waals surface area contributed by atoms with Crippen LogP contribution in [-0.4, -0.2) is 28.3 Å². The van der Waals surface area contributed by atoms with Gasteiger partial charge in [0.15, 0.2) is 6.10 Å². The van der Waals surface area contributed by atoms with Crippen molar-refractivity contribution in [2.45, 2.75) is 31.9 Å². The molecule has 1 aromatic rings. The zero-order valence-corrected chi connectivity index (χ0v) is 9.26. The first kappa shape index (κ1) is 12.5. The summed E-state index contributed by atoms with van der Waals surface area (Å²) >= 11 is 0. The Bertz CT molecular complexity index is 326. The Morgan fingerprint density at radius 2 is 2.00 bits per heavy atom. The van der Waals surface area contributed by atoms with Gasteiger partial charge in [-0.05, 0) is 18.6 Å². The average molecular weight is 223 g/mol. The van der Waals surface area contributed by atoms with Crippen LogP contribution >= 0.6 is 0 Å². The van der Waals surface area contributed by atoms with E-state index >= 15 is 0 Å². The number of hydrogen-bond acceptors (Lipinski definition) is 3. The smallest absolute Gasteiger partial charge is 0.334 e. The number of benzene rings is 1. The van der Waals surface area contributed by atoms with Crippen LogP contribution in [0, 0.1) is 0 Å². The van der Waals surface area contributed by atoms with Crippen molar-refractivity contribution in [3.8, 4) is 0 Å². The van der Waals surface area contributed by atoms with Gasteiger partial charge in [0.2, 0.25) is 0 Å². The zero-order chi connectivity index (χ0) is 12.0. The van der Waals surface area contributed by atoms with Crippen molar-refractivity contribution in [3.05, 3.63) is 30.3 Å². The SMILES string of the molecule is CCCC(Nc1ccccc1)C(O)C(=O)O. The van der Waals surface area contributed by atoms with E-state index in [1.807, 2.05) is 37.3 Å². The molecule has 1 aromatic carbocycles. The van der Waals surface area contributed by atoms with E-state index in [1.165, 1.54) is 0 Å². The molecule has 16 heavy (non-hydrogen) atoms. The number of anilines is 1. The Balaban J connectivity index is 2.68. The molecule has 0 aliphatic rings. The first-order valence-corrected chi connectivity index (χ1v) is 5.37. The molecule has 1 rings (SSSR count). The molecule has 0 heterocycles. The minimum Gasteiger partial charge on any atom is -0.479 e. The van der Waals surface area contributed by atoms with Crippen LogP contribution < -0.4 is 5.32 Å². The Hall–Kier alpha value is -1.55. The number of aliphatic carboxylic acids is 1. The van der Waals surface area contributed by atoms with Crippen molar-refractivity contribution in [1.82, 2.24) is 0 Å². The third-order valence-corrected chi connectivity index (χ3v) is 2.36. The van der Waals surface area contributed by atoms with Crippen LogP contribution in [0.5, 0.6) is 0 Å². The van der Waals surface area contributed by atoms with Crippen molar-refractivity contribution in [2.75, 3.05) is 5.32 Å². The molecule has 4 nitrogen and oxygen atoms in total. The first-order chi connectivity index (χ1) is 7.65. The van der Waals surface area contributed by atoms with Gasteiger partial charge in [-0.25, -0.2) is 4.79 Å². The quantitative estimate of drug-likeness (QED) is 0.686. The molecule has 0 aliphatic carbocycles. The lowest BCUT2D eigenvalue weighted by molar-refractivity contribution is -0.147. The Morgan fingerprint density at radius 3 is 2.50 bits per heavy atom. The topological polar surface area (TPSA) is 69.6 Å². The monoisotopic (exact) mass is 223 g/mol. The summed E-state index contributed by atoms with van der Waals surface area (Å²) in [5.74, 6) is -1.19. The molecule has 0 bridgehead atoms. The summed E-state index contributed by atoms with van der Waals surface area (Å²) in [5, 5.41) is 21.3. The zero-order valence-electron chi connectivity index (χ0n) is 9.26. The van der Waals surface area contributed by atoms with E-state index in [2.05, 4.69) is 5.32 Å². The van der Waals surface area contributed by atoms with Crippen molar-refractivity contribution in [2.24, 2.45) is 0 Å². The number of nitrogens with one attached hydrogen (secondary N) is 1. The molecule has 0 amide bonds. The van der Waals surface area contributed by atoms with Gasteiger partial charge in [0, 0.05) is 5.69 Å². The van der Waals surface area contributed by atoms with Gasteiger partial charge < -0.3 is 15.5 Å². The highest BCUT2D eigenvalue weighted by molar-refractivity contribution is 5.73. The molecule has 4 heteroatoms. The lowest BCUT2D eigenvalue weighted by Crippen LogP contribution is -2.39. The van der Waals surface area contributed by atoms with Crippen LogP contribution in [0.3, 0.4) is 0 Å². The summed E-state index contributed by atoms with van der Waals surface area (Å²) in [5.41, 5.74) is 0.821. The standard InChI is InChI=1S/C12H17NO3/c1-2-6-10(11(14)12(15)16)13-9-7-4-3-5-8-9/h3-5,7-8,10-11,13-14H,2,6H2,1H3,(H,15,16). The van der Waals surface area contributed by atoms with E-state index in [4.69, 9.17) is 5.11 Å². The maximum atomic E-state index is 10.7. The molecule has 0 aromatic heterocycles. The summed E-state index contributed by atoms with van der Waals surface area (Å²) in [7, 11) is 0. The van der Waals surface area contributed by atoms with Crippen LogP contribution in [0.1, 0.15) is 19.8 Å². The normalized spacial score (nSPS) is 14.1. The minimum absolute atomic E-state index is 0.454. The minimum atomic E-state index is -1.37. The van der Waals surface area contributed by atoms with E-state index in [1.54, 1.807) is 0 Å². The maximum Gasteiger partial charge on any atom is 0.334 e. The highest BCUT2D eigenvalue weighted by atomic mass is 16.4. The molecule has 0 radical (unpaired) electrons. The fraction of sp³-hybridized carbons (Fsp3) is 0.417. The Morgan fingerprint density at radius 1 is 1.38 bits per heavy atom. The Kier molecular flexibility index (Phi) is 4.79. The summed E-state index contributed by atoms with van der Waals surface area (Å²) in [6, 6.07) is 8.84. The predicted octanol–water partition coefficient (Wildman–Crippen LogP) is 1.71. The number of aliphatic hydroxyl groups excluding tert-OH is 1. The van der Waals surface area contributed by atoms with Gasteiger partial charge >= 0.3 is 5.97 Å². The van der Waals surface area contributed by atoms with Gasteiger partial charge in [-0.2, -0.15) is 0 Å². The summed E-state index contributed by atoms with van der Waals surface area (Å²) in [6.45, 7) is 1.95. The summed E-state index contributed by atoms with van der Waals surface area (Å²) in [6.07, 6.45) is 0.0529. The van der Waals surface area contributed by atoms with Gasteiger partial charge in [-0.3, -0.25) is 0 Å². The number of rotatable bonds is 6. The van der Waals surface area contributed by atoms with E-state index in [0.29, 0.717) is 6.42 Å². The van der Waals surface area contributed by atoms with E-state index in [0.717, 1.165) is 12.1 Å². The van der Waals surface area contributed by atoms with Gasteiger partial charge in [-0.15, -0.1) is 0 Å². The molecular weight excluding hydrogens is 206 g/mol. The Labute approximate surface area is 94.9 Å². The number of carboxylic acid groups (broad SMARTS) is 1. The molecule has 88 valence electrons. The molecule has 0 aliphatic heterocycles. The van der Waals surface area contributed by atoms with Gasteiger partial charge in [0.05, 0.1) is 6.04 Å². The number of aliphatic hydroxyl groups is 1. The molecule has 0 saturated heterocycles. The molecule has 2 atom stereocenters. The summed E-state index contributed by atoms with van der Waals surface area (Å²) < 4.78 is 0. The second-order valence-corrected chi connectivity index (χ2v) is 3.69. The van der Waals surface area contributed by atoms with Gasteiger partial charge in [-0.1, -0.05) is 31.5 Å². The van der Waals surface area contributed by atoms with Crippen molar-refractivity contribution < 1.29 is 15.0 Å². The first-order valence-electron chi connectivity index (χ1n) is 5.37. The number of hydrogen-bond donors (Lipinski definition) is 3. The molecule has 0 saturated carbocycles. The van der Waals surface area contributed by atoms with Crippen LogP contribution in [0.25, 0.3) is 0 Å². The largest absolute Gasteiger partial charge is 0.479 e. The highest BCUT2D eigenvalue weighted by Gasteiger charge is 2.24. The second-order valence-electron chi connectivity index (χ2n) is 3.69. The van der Waals surface area contributed by atoms with Crippen LogP contribution in [-0.2, 0) is 4.79 Å². The summed E-state index contributed by atoms with van der Waals surface area (Å²) in [4.78, 5) is 10.7. The molecule has 3 N–H and O–H groups in total. The fourth-order valence-corrected chi connectivity index (χ4v) is 1.54. The van der Waals surface area contributed by atoms with Crippen LogP contribution in [0.4, 0.5) is 5.69 Å². The molecule has 0 fully saturated rings. The molecule has 0 spiro atoms. The highest BCUT2D eigenvalue weighted by Crippen LogP contribution is 2.13. The third-order valence-electron chi connectivity index (χ3n) is 2.36. The third kappa shape index (κ3) is 3.55. The number of para-hydroxylation sites is 1. The van der Waals surface area contributed by atoms with Crippen LogP contribution in [0.2, 0.25) is 0 Å². The van der Waals surface area contributed by atoms with Crippen molar-refractivity contribution in [1.29, 1.82) is 0 Å².